The molecule has 0 saturated heterocycles. The Hall–Kier alpha value is -1.29. The number of halogens is 1. The predicted molar refractivity (Wildman–Crippen MR) is 51.0 cm³/mol. The van der Waals surface area contributed by atoms with Crippen molar-refractivity contribution in [3.63, 3.8) is 0 Å². The molecule has 0 heterocycles. The zero-order valence-corrected chi connectivity index (χ0v) is 7.26. The van der Waals surface area contributed by atoms with Crippen molar-refractivity contribution in [2.45, 2.75) is 6.42 Å². The van der Waals surface area contributed by atoms with Gasteiger partial charge in [-0.1, -0.05) is 0 Å². The normalized spacial score (nSPS) is 10.0. The third kappa shape index (κ3) is 2.91. The third-order valence-corrected chi connectivity index (χ3v) is 1.66. The van der Waals surface area contributed by atoms with Crippen LogP contribution in [0.5, 0.6) is 0 Å². The highest BCUT2D eigenvalue weighted by atomic mass is 19.1. The van der Waals surface area contributed by atoms with Crippen LogP contribution in [-0.2, 0) is 0 Å². The fraction of sp³-hybridized carbons (Fsp3) is 0.333. The van der Waals surface area contributed by atoms with Crippen molar-refractivity contribution in [3.8, 4) is 0 Å². The van der Waals surface area contributed by atoms with Gasteiger partial charge >= 0.3 is 0 Å². The van der Waals surface area contributed by atoms with Gasteiger partial charge in [0.2, 0.25) is 0 Å². The van der Waals surface area contributed by atoms with Gasteiger partial charge in [-0.05, 0) is 24.6 Å². The summed E-state index contributed by atoms with van der Waals surface area (Å²) in [6.45, 7) is 0.797. The lowest BCUT2D eigenvalue weighted by Gasteiger charge is -2.05. The third-order valence-electron chi connectivity index (χ3n) is 1.66. The number of rotatable bonds is 4. The molecule has 0 atom stereocenters. The predicted octanol–water partition coefficient (Wildman–Crippen LogP) is 1.20. The molecule has 72 valence electrons. The Morgan fingerprint density at radius 2 is 2.23 bits per heavy atom. The van der Waals surface area contributed by atoms with Crippen LogP contribution in [0.4, 0.5) is 15.8 Å². The van der Waals surface area contributed by atoms with Gasteiger partial charge in [-0.2, -0.15) is 0 Å². The Kier molecular flexibility index (Phi) is 3.52. The van der Waals surface area contributed by atoms with Crippen LogP contribution in [0, 0.1) is 5.82 Å². The van der Waals surface area contributed by atoms with E-state index in [0.29, 0.717) is 13.0 Å². The van der Waals surface area contributed by atoms with Gasteiger partial charge < -0.3 is 16.2 Å². The highest BCUT2D eigenvalue weighted by molar-refractivity contribution is 5.54. The molecule has 0 aliphatic rings. The van der Waals surface area contributed by atoms with E-state index < -0.39 is 5.82 Å². The van der Waals surface area contributed by atoms with Crippen LogP contribution in [-0.4, -0.2) is 18.3 Å². The second-order valence-corrected chi connectivity index (χ2v) is 2.74. The Bertz CT molecular complexity index is 278. The van der Waals surface area contributed by atoms with Gasteiger partial charge in [0.1, 0.15) is 5.82 Å². The first-order valence-electron chi connectivity index (χ1n) is 4.14. The van der Waals surface area contributed by atoms with Crippen molar-refractivity contribution in [2.24, 2.45) is 0 Å². The van der Waals surface area contributed by atoms with Crippen LogP contribution < -0.4 is 11.1 Å². The van der Waals surface area contributed by atoms with Gasteiger partial charge in [-0.25, -0.2) is 4.39 Å². The molecule has 0 amide bonds. The summed E-state index contributed by atoms with van der Waals surface area (Å²) in [4.78, 5) is 0. The van der Waals surface area contributed by atoms with Crippen molar-refractivity contribution < 1.29 is 9.50 Å². The van der Waals surface area contributed by atoms with Crippen molar-refractivity contribution in [3.05, 3.63) is 24.0 Å². The molecule has 4 N–H and O–H groups in total. The fourth-order valence-electron chi connectivity index (χ4n) is 0.965. The molecule has 0 aliphatic carbocycles. The molecule has 0 unspecified atom stereocenters. The second kappa shape index (κ2) is 4.67. The second-order valence-electron chi connectivity index (χ2n) is 2.74. The summed E-state index contributed by atoms with van der Waals surface area (Å²) < 4.78 is 12.7. The highest BCUT2D eigenvalue weighted by Gasteiger charge is 1.98. The van der Waals surface area contributed by atoms with Gasteiger partial charge in [-0.15, -0.1) is 0 Å². The monoisotopic (exact) mass is 184 g/mol. The van der Waals surface area contributed by atoms with Crippen LogP contribution in [0.2, 0.25) is 0 Å². The molecule has 1 aromatic rings. The molecule has 0 aromatic heterocycles. The minimum absolute atomic E-state index is 0.133. The summed E-state index contributed by atoms with van der Waals surface area (Å²) in [5.74, 6) is -0.410. The zero-order chi connectivity index (χ0) is 9.68. The minimum atomic E-state index is -0.410. The van der Waals surface area contributed by atoms with Gasteiger partial charge in [0.15, 0.2) is 0 Å². The standard InChI is InChI=1S/C9H13FN2O/c10-8-3-2-7(6-9(8)11)12-4-1-5-13/h2-3,6,12-13H,1,4-5,11H2. The van der Waals surface area contributed by atoms with E-state index in [0.717, 1.165) is 5.69 Å². The summed E-state index contributed by atoms with van der Waals surface area (Å²) in [5.41, 5.74) is 6.26. The average molecular weight is 184 g/mol. The van der Waals surface area contributed by atoms with E-state index in [1.165, 1.54) is 12.1 Å². The maximum atomic E-state index is 12.7. The molecule has 0 aliphatic heterocycles. The number of hydrogen-bond donors (Lipinski definition) is 3. The van der Waals surface area contributed by atoms with E-state index in [2.05, 4.69) is 5.32 Å². The summed E-state index contributed by atoms with van der Waals surface area (Å²) in [7, 11) is 0. The Balaban J connectivity index is 2.53. The quantitative estimate of drug-likeness (QED) is 0.487. The van der Waals surface area contributed by atoms with Crippen molar-refractivity contribution in [1.29, 1.82) is 0 Å². The van der Waals surface area contributed by atoms with E-state index in [4.69, 9.17) is 10.8 Å². The maximum Gasteiger partial charge on any atom is 0.146 e. The van der Waals surface area contributed by atoms with Crippen LogP contribution in [0.15, 0.2) is 18.2 Å². The number of nitrogens with one attached hydrogen (secondary N) is 1. The van der Waals surface area contributed by atoms with Gasteiger partial charge in [0.25, 0.3) is 0 Å². The molecule has 4 heteroatoms. The Labute approximate surface area is 76.4 Å². The number of aliphatic hydroxyl groups is 1. The molecule has 1 rings (SSSR count). The topological polar surface area (TPSA) is 58.3 Å². The number of nitrogen functional groups attached to an aromatic ring is 1. The number of hydrogen-bond acceptors (Lipinski definition) is 3. The molecule has 0 radical (unpaired) electrons. The Morgan fingerprint density at radius 1 is 1.46 bits per heavy atom. The first-order chi connectivity index (χ1) is 6.24. The van der Waals surface area contributed by atoms with Crippen LogP contribution >= 0.6 is 0 Å². The van der Waals surface area contributed by atoms with E-state index in [1.54, 1.807) is 6.07 Å². The molecule has 13 heavy (non-hydrogen) atoms. The number of nitrogens with two attached hydrogens (primary N) is 1. The highest BCUT2D eigenvalue weighted by Crippen LogP contribution is 2.15. The minimum Gasteiger partial charge on any atom is -0.396 e. The SMILES string of the molecule is Nc1cc(NCCCO)ccc1F. The van der Waals surface area contributed by atoms with E-state index in [1.807, 2.05) is 0 Å². The first-order valence-corrected chi connectivity index (χ1v) is 4.14. The molecule has 0 spiro atoms. The largest absolute Gasteiger partial charge is 0.396 e. The number of aliphatic hydroxyl groups excluding tert-OH is 1. The number of anilines is 2. The van der Waals surface area contributed by atoms with Crippen molar-refractivity contribution in [1.82, 2.24) is 0 Å². The van der Waals surface area contributed by atoms with E-state index in [9.17, 15) is 4.39 Å². The summed E-state index contributed by atoms with van der Waals surface area (Å²) in [6.07, 6.45) is 0.664. The smallest absolute Gasteiger partial charge is 0.146 e. The molecule has 0 saturated carbocycles. The lowest BCUT2D eigenvalue weighted by atomic mass is 10.2. The van der Waals surface area contributed by atoms with E-state index >= 15 is 0 Å². The van der Waals surface area contributed by atoms with Gasteiger partial charge in [0, 0.05) is 18.8 Å². The Morgan fingerprint density at radius 3 is 2.85 bits per heavy atom. The van der Waals surface area contributed by atoms with Crippen molar-refractivity contribution >= 4 is 11.4 Å². The zero-order valence-electron chi connectivity index (χ0n) is 7.26. The average Bonchev–Trinajstić information content (AvgIpc) is 2.12. The first kappa shape index (κ1) is 9.80. The molecule has 1 aromatic carbocycles. The fourth-order valence-corrected chi connectivity index (χ4v) is 0.965. The summed E-state index contributed by atoms with van der Waals surface area (Å²) >= 11 is 0. The molecule has 3 nitrogen and oxygen atoms in total. The van der Waals surface area contributed by atoms with E-state index in [-0.39, 0.29) is 12.3 Å². The van der Waals surface area contributed by atoms with Crippen LogP contribution in [0.25, 0.3) is 0 Å². The molecular weight excluding hydrogens is 171 g/mol. The summed E-state index contributed by atoms with van der Waals surface area (Å²) in [5, 5.41) is 11.5. The van der Waals surface area contributed by atoms with Crippen molar-refractivity contribution in [2.75, 3.05) is 24.2 Å². The molecule has 0 bridgehead atoms. The van der Waals surface area contributed by atoms with Crippen LogP contribution in [0.3, 0.4) is 0 Å². The molecular formula is C9H13FN2O. The lowest BCUT2D eigenvalue weighted by molar-refractivity contribution is 0.292. The number of benzene rings is 1. The van der Waals surface area contributed by atoms with Gasteiger partial charge in [-0.3, -0.25) is 0 Å². The lowest BCUT2D eigenvalue weighted by Crippen LogP contribution is -2.04. The molecule has 0 fully saturated rings. The maximum absolute atomic E-state index is 12.7. The summed E-state index contributed by atoms with van der Waals surface area (Å²) in [6, 6.07) is 4.46. The van der Waals surface area contributed by atoms with Gasteiger partial charge in [0.05, 0.1) is 5.69 Å². The van der Waals surface area contributed by atoms with Crippen LogP contribution in [0.1, 0.15) is 6.42 Å².